The monoisotopic (exact) mass is 1520 g/mol. The lowest BCUT2D eigenvalue weighted by atomic mass is 10.1. The number of hydrogen-bond donors (Lipinski definition) is 10. The molecule has 0 unspecified atom stereocenters. The van der Waals surface area contributed by atoms with E-state index >= 15 is 0 Å². The number of rotatable bonds is 18. The molecule has 3 aliphatic rings. The van der Waals surface area contributed by atoms with Gasteiger partial charge in [-0.15, -0.1) is 0 Å². The highest BCUT2D eigenvalue weighted by molar-refractivity contribution is 7.91. The average Bonchev–Trinajstić information content (AvgIpc) is 1.66. The first-order valence-corrected chi connectivity index (χ1v) is 37.4. The second-order valence-electron chi connectivity index (χ2n) is 25.6. The van der Waals surface area contributed by atoms with E-state index in [0.29, 0.717) is 85.0 Å². The fourth-order valence-electron chi connectivity index (χ4n) is 12.5. The third-order valence-corrected chi connectivity index (χ3v) is 19.1. The zero-order valence-electron chi connectivity index (χ0n) is 61.2. The highest BCUT2D eigenvalue weighted by atomic mass is 32.2. The Kier molecular flexibility index (Phi) is 24.7. The summed E-state index contributed by atoms with van der Waals surface area (Å²) in [5.41, 5.74) is 13.4. The van der Waals surface area contributed by atoms with Crippen molar-refractivity contribution in [1.29, 1.82) is 0 Å². The van der Waals surface area contributed by atoms with Crippen LogP contribution < -0.4 is 51.3 Å². The molecule has 0 aliphatic carbocycles. The van der Waals surface area contributed by atoms with E-state index in [-0.39, 0.29) is 35.9 Å². The molecule has 0 spiro atoms. The minimum atomic E-state index is -3.65. The number of H-pyrrole nitrogens is 3. The summed E-state index contributed by atoms with van der Waals surface area (Å²) in [5, 5.41) is 19.3. The number of aromatic nitrogens is 9. The van der Waals surface area contributed by atoms with Crippen molar-refractivity contribution in [3.8, 4) is 69.3 Å². The number of fused-ring (bicyclic) bond motifs is 3. The summed E-state index contributed by atoms with van der Waals surface area (Å²) >= 11 is 0. The standard InChI is InChI=1S/C28H26N6O3.C27H25N7O3.C27H26N6O4S/c1-2-3-25(35)31-21-8-4-19(5-9-21)16-26(36)32-22-10-6-20(7-11-22)24-17-23-27(33-24)29-18-30-28(23)34-12-14-37-15-13-34;1-2-3-24(35)30-19-8-10-21(11-9-19)32-27(36)31-20-6-4-18(5-7-20)23-16-22-25(33-23)28-17-29-26(22)34-12-14-37-15-13-34;1-2-3-25(34)30-21-8-4-19(5-9-21)17-38(35,36)32-22-10-6-20(7-11-22)24-16-23-26(31-24)28-18-29-27(23)33-12-14-37-15-13-33/h4-11,17-18H,12-16H2,1H3,(H,31,35)(H,32,36)(H,29,30,33);4-11,16-17H,12-15H2,1H3,(H,30,35)(H,28,29,33)(H2,31,32,36);4-11,16,18,32H,12-15,17H2,1H3,(H,30,34)(H,28,29,31). The van der Waals surface area contributed by atoms with Crippen LogP contribution in [0.1, 0.15) is 31.9 Å². The topological polar surface area (TPSA) is 366 Å². The Labute approximate surface area is 644 Å². The van der Waals surface area contributed by atoms with Crippen molar-refractivity contribution in [1.82, 2.24) is 44.9 Å². The van der Waals surface area contributed by atoms with Gasteiger partial charge in [-0.25, -0.2) is 43.1 Å². The number of carbonyl (C=O) groups is 5. The Bertz CT molecular complexity index is 5460. The predicted molar refractivity (Wildman–Crippen MR) is 434 cm³/mol. The van der Waals surface area contributed by atoms with Crippen molar-refractivity contribution >= 4 is 130 Å². The lowest BCUT2D eigenvalue weighted by Gasteiger charge is -2.27. The number of urea groups is 1. The maximum Gasteiger partial charge on any atom is 0.323 e. The van der Waals surface area contributed by atoms with Crippen LogP contribution in [0.5, 0.6) is 0 Å². The van der Waals surface area contributed by atoms with Crippen LogP contribution in [0.15, 0.2) is 183 Å². The normalized spacial score (nSPS) is 13.2. The number of ether oxygens (including phenoxy) is 3. The van der Waals surface area contributed by atoms with Crippen LogP contribution in [-0.4, -0.2) is 162 Å². The number of nitrogens with zero attached hydrogens (tertiary/aromatic N) is 9. The van der Waals surface area contributed by atoms with Gasteiger partial charge in [0.2, 0.25) is 15.9 Å². The molecular formula is C82H77N19O10S. The van der Waals surface area contributed by atoms with E-state index in [2.05, 4.69) is 144 Å². The fourth-order valence-corrected chi connectivity index (χ4v) is 13.7. The summed E-state index contributed by atoms with van der Waals surface area (Å²) in [6, 6.07) is 48.6. The minimum Gasteiger partial charge on any atom is -0.378 e. The van der Waals surface area contributed by atoms with Gasteiger partial charge in [0.05, 0.1) is 68.0 Å². The molecule has 3 aliphatic heterocycles. The van der Waals surface area contributed by atoms with Crippen LogP contribution in [0.3, 0.4) is 0 Å². The first-order valence-electron chi connectivity index (χ1n) is 35.8. The number of benzene rings is 6. The number of sulfonamides is 1. The molecule has 6 aromatic carbocycles. The molecule has 0 radical (unpaired) electrons. The van der Waals surface area contributed by atoms with E-state index < -0.39 is 15.9 Å². The van der Waals surface area contributed by atoms with Crippen molar-refractivity contribution in [2.45, 2.75) is 32.9 Å². The van der Waals surface area contributed by atoms with Gasteiger partial charge in [-0.3, -0.25) is 23.9 Å². The van der Waals surface area contributed by atoms with Crippen molar-refractivity contribution in [2.75, 3.05) is 130 Å². The zero-order valence-corrected chi connectivity index (χ0v) is 62.1. The van der Waals surface area contributed by atoms with Crippen molar-refractivity contribution in [3.05, 3.63) is 194 Å². The van der Waals surface area contributed by atoms with Gasteiger partial charge in [0.15, 0.2) is 0 Å². The summed E-state index contributed by atoms with van der Waals surface area (Å²) in [5.74, 6) is 16.0. The maximum atomic E-state index is 12.7. The highest BCUT2D eigenvalue weighted by Gasteiger charge is 2.23. The number of nitrogens with one attached hydrogen (secondary N) is 10. The molecule has 29 nitrogen and oxygen atoms in total. The second kappa shape index (κ2) is 36.3. The third kappa shape index (κ3) is 20.2. The minimum absolute atomic E-state index is 0.127. The first kappa shape index (κ1) is 76.2. The van der Waals surface area contributed by atoms with E-state index in [0.717, 1.165) is 129 Å². The molecule has 0 saturated carbocycles. The van der Waals surface area contributed by atoms with Crippen LogP contribution in [0, 0.1) is 35.5 Å². The molecule has 15 rings (SSSR count). The van der Waals surface area contributed by atoms with Gasteiger partial charge in [-0.05, 0) is 169 Å². The van der Waals surface area contributed by atoms with Crippen molar-refractivity contribution < 1.29 is 46.6 Å². The van der Waals surface area contributed by atoms with Gasteiger partial charge in [0.25, 0.3) is 17.7 Å². The number of anilines is 10. The molecule has 3 saturated heterocycles. The third-order valence-electron chi connectivity index (χ3n) is 17.8. The lowest BCUT2D eigenvalue weighted by Crippen LogP contribution is -2.36. The van der Waals surface area contributed by atoms with Gasteiger partial charge in [0.1, 0.15) is 53.4 Å². The van der Waals surface area contributed by atoms with E-state index in [1.807, 2.05) is 78.9 Å². The summed E-state index contributed by atoms with van der Waals surface area (Å²) in [7, 11) is -3.65. The first-order chi connectivity index (χ1) is 54.6. The van der Waals surface area contributed by atoms with Crippen molar-refractivity contribution in [3.63, 3.8) is 0 Å². The van der Waals surface area contributed by atoms with E-state index in [9.17, 15) is 32.4 Å². The molecule has 10 N–H and O–H groups in total. The Morgan fingerprint density at radius 2 is 0.679 bits per heavy atom. The Balaban J connectivity index is 0.000000147. The van der Waals surface area contributed by atoms with Gasteiger partial charge in [-0.2, -0.15) is 0 Å². The summed E-state index contributed by atoms with van der Waals surface area (Å²) < 4.78 is 44.5. The molecule has 6 amide bonds. The molecule has 0 atom stereocenters. The molecule has 6 aromatic heterocycles. The molecule has 112 heavy (non-hydrogen) atoms. The number of morpholine rings is 3. The number of aromatic amines is 3. The highest BCUT2D eigenvalue weighted by Crippen LogP contribution is 2.34. The maximum absolute atomic E-state index is 12.7. The quantitative estimate of drug-likeness (QED) is 0.0357. The molecule has 566 valence electrons. The van der Waals surface area contributed by atoms with Crippen molar-refractivity contribution in [2.24, 2.45) is 0 Å². The Morgan fingerprint density at radius 1 is 0.384 bits per heavy atom. The second-order valence-corrected chi connectivity index (χ2v) is 27.3. The van der Waals surface area contributed by atoms with Gasteiger partial charge in [0, 0.05) is 96.2 Å². The summed E-state index contributed by atoms with van der Waals surface area (Å²) in [6.45, 7) is 13.6. The summed E-state index contributed by atoms with van der Waals surface area (Å²) in [4.78, 5) is 103. The Morgan fingerprint density at radius 3 is 1.02 bits per heavy atom. The lowest BCUT2D eigenvalue weighted by molar-refractivity contribution is -0.115. The Hall–Kier alpha value is -14.0. The number of amides is 6. The number of carbonyl (C=O) groups excluding carboxylic acids is 5. The number of hydrogen-bond acceptors (Lipinski definition) is 19. The van der Waals surface area contributed by atoms with Crippen LogP contribution >= 0.6 is 0 Å². The zero-order chi connectivity index (χ0) is 77.8. The molecule has 3 fully saturated rings. The molecular weight excluding hydrogens is 1440 g/mol. The van der Waals surface area contributed by atoms with E-state index in [4.69, 9.17) is 14.2 Å². The van der Waals surface area contributed by atoms with Crippen LogP contribution in [0.25, 0.3) is 66.9 Å². The smallest absolute Gasteiger partial charge is 0.323 e. The largest absolute Gasteiger partial charge is 0.378 e. The average molecular weight is 1520 g/mol. The SMILES string of the molecule is CC#CC(=O)Nc1ccc(CC(=O)Nc2ccc(-c3cc4c(N5CCOCC5)ncnc4[nH]3)cc2)cc1.CC#CC(=O)Nc1ccc(CS(=O)(=O)Nc2ccc(-c3cc4c(N5CCOCC5)ncnc4[nH]3)cc2)cc1.CC#CC(=O)Nc1ccc(NC(=O)Nc2ccc(-c3cc4c(N5CCOCC5)ncnc4[nH]3)cc2)cc1. The molecule has 9 heterocycles. The van der Waals surface area contributed by atoms with Gasteiger partial charge < -0.3 is 75.8 Å². The van der Waals surface area contributed by atoms with Crippen LogP contribution in [-0.2, 0) is 55.6 Å². The van der Waals surface area contributed by atoms with E-state index in [1.165, 1.54) is 0 Å². The molecule has 12 aromatic rings. The van der Waals surface area contributed by atoms with Gasteiger partial charge >= 0.3 is 6.03 Å². The fraction of sp³-hybridized carbons (Fsp3) is 0.207. The van der Waals surface area contributed by atoms with Crippen LogP contribution in [0.2, 0.25) is 0 Å². The van der Waals surface area contributed by atoms with E-state index in [1.54, 1.807) is 113 Å². The molecule has 30 heteroatoms. The summed E-state index contributed by atoms with van der Waals surface area (Å²) in [6.07, 6.45) is 4.92. The van der Waals surface area contributed by atoms with Crippen LogP contribution in [0.4, 0.5) is 62.1 Å². The molecule has 0 bridgehead atoms. The van der Waals surface area contributed by atoms with Gasteiger partial charge in [-0.1, -0.05) is 78.4 Å². The predicted octanol–water partition coefficient (Wildman–Crippen LogP) is 11.0.